The summed E-state index contributed by atoms with van der Waals surface area (Å²) in [6.45, 7) is 3.15. The lowest BCUT2D eigenvalue weighted by Crippen LogP contribution is -2.41. The summed E-state index contributed by atoms with van der Waals surface area (Å²) < 4.78 is 36.3. The summed E-state index contributed by atoms with van der Waals surface area (Å²) in [4.78, 5) is 1.81. The number of rotatable bonds is 5. The summed E-state index contributed by atoms with van der Waals surface area (Å²) in [5, 5.41) is 3.43. The minimum absolute atomic E-state index is 0.0946. The molecule has 2 unspecified atom stereocenters. The molecule has 1 fully saturated rings. The first kappa shape index (κ1) is 14.8. The van der Waals surface area contributed by atoms with E-state index in [1.807, 2.05) is 11.8 Å². The van der Waals surface area contributed by atoms with Crippen LogP contribution in [0.5, 0.6) is 0 Å². The van der Waals surface area contributed by atoms with Crippen molar-refractivity contribution >= 4 is 0 Å². The number of hydrogen-bond acceptors (Lipinski definition) is 2. The monoisotopic (exact) mass is 252 g/mol. The van der Waals surface area contributed by atoms with E-state index in [0.717, 1.165) is 19.4 Å². The zero-order valence-electron chi connectivity index (χ0n) is 10.7. The Bertz CT molecular complexity index is 212. The molecular weight excluding hydrogens is 229 g/mol. The van der Waals surface area contributed by atoms with Crippen LogP contribution in [-0.2, 0) is 0 Å². The summed E-state index contributed by atoms with van der Waals surface area (Å²) in [5.41, 5.74) is 0. The Morgan fingerprint density at radius 3 is 2.59 bits per heavy atom. The minimum atomic E-state index is -4.04. The number of piperidine rings is 1. The van der Waals surface area contributed by atoms with Crippen LogP contribution in [0.2, 0.25) is 0 Å². The van der Waals surface area contributed by atoms with Crippen LogP contribution in [0.3, 0.4) is 0 Å². The predicted molar refractivity (Wildman–Crippen MR) is 63.0 cm³/mol. The lowest BCUT2D eigenvalue weighted by Gasteiger charge is -2.31. The van der Waals surface area contributed by atoms with Crippen molar-refractivity contribution in [3.8, 4) is 0 Å². The zero-order valence-corrected chi connectivity index (χ0v) is 10.7. The summed E-state index contributed by atoms with van der Waals surface area (Å²) >= 11 is 0. The summed E-state index contributed by atoms with van der Waals surface area (Å²) in [6.07, 6.45) is -0.222. The fourth-order valence-corrected chi connectivity index (χ4v) is 2.24. The van der Waals surface area contributed by atoms with E-state index >= 15 is 0 Å². The van der Waals surface area contributed by atoms with Gasteiger partial charge in [-0.05, 0) is 39.8 Å². The standard InChI is InChI=1S/C12H23F3N2/c1-10(9-11-5-3-4-7-16-11)17(2)8-6-12(13,14)15/h10-11,16H,3-9H2,1-2H3. The third-order valence-corrected chi connectivity index (χ3v) is 3.54. The highest BCUT2D eigenvalue weighted by molar-refractivity contribution is 4.77. The first-order valence-electron chi connectivity index (χ1n) is 6.39. The lowest BCUT2D eigenvalue weighted by atomic mass is 9.98. The van der Waals surface area contributed by atoms with Crippen LogP contribution >= 0.6 is 0 Å². The molecule has 1 aliphatic heterocycles. The Labute approximate surface area is 102 Å². The van der Waals surface area contributed by atoms with Gasteiger partial charge < -0.3 is 10.2 Å². The average molecular weight is 252 g/mol. The molecule has 0 radical (unpaired) electrons. The molecule has 1 saturated heterocycles. The summed E-state index contributed by atoms with van der Waals surface area (Å²) in [6, 6.07) is 0.681. The Morgan fingerprint density at radius 1 is 1.35 bits per heavy atom. The van der Waals surface area contributed by atoms with Crippen molar-refractivity contribution in [2.24, 2.45) is 0 Å². The van der Waals surface area contributed by atoms with E-state index in [1.165, 1.54) is 12.8 Å². The van der Waals surface area contributed by atoms with Crippen molar-refractivity contribution in [1.82, 2.24) is 10.2 Å². The van der Waals surface area contributed by atoms with Crippen molar-refractivity contribution in [3.05, 3.63) is 0 Å². The van der Waals surface area contributed by atoms with Crippen LogP contribution in [-0.4, -0.2) is 43.3 Å². The molecular formula is C12H23F3N2. The van der Waals surface area contributed by atoms with Gasteiger partial charge in [0.1, 0.15) is 0 Å². The highest BCUT2D eigenvalue weighted by atomic mass is 19.4. The molecule has 0 bridgehead atoms. The molecule has 0 spiro atoms. The first-order valence-corrected chi connectivity index (χ1v) is 6.39. The maximum atomic E-state index is 12.1. The van der Waals surface area contributed by atoms with Crippen LogP contribution in [0.4, 0.5) is 13.2 Å². The third-order valence-electron chi connectivity index (χ3n) is 3.54. The van der Waals surface area contributed by atoms with Crippen molar-refractivity contribution in [2.75, 3.05) is 20.1 Å². The second-order valence-electron chi connectivity index (χ2n) is 5.08. The molecule has 1 heterocycles. The topological polar surface area (TPSA) is 15.3 Å². The van der Waals surface area contributed by atoms with Crippen molar-refractivity contribution in [3.63, 3.8) is 0 Å². The van der Waals surface area contributed by atoms with E-state index < -0.39 is 12.6 Å². The third kappa shape index (κ3) is 6.27. The van der Waals surface area contributed by atoms with Gasteiger partial charge in [-0.25, -0.2) is 0 Å². The number of nitrogens with zero attached hydrogens (tertiary/aromatic N) is 1. The molecule has 0 amide bonds. The molecule has 2 nitrogen and oxygen atoms in total. The van der Waals surface area contributed by atoms with Crippen LogP contribution in [0.15, 0.2) is 0 Å². The largest absolute Gasteiger partial charge is 0.390 e. The smallest absolute Gasteiger partial charge is 0.314 e. The Morgan fingerprint density at radius 2 is 2.06 bits per heavy atom. The highest BCUT2D eigenvalue weighted by Crippen LogP contribution is 2.21. The minimum Gasteiger partial charge on any atom is -0.314 e. The fourth-order valence-electron chi connectivity index (χ4n) is 2.24. The van der Waals surface area contributed by atoms with Crippen LogP contribution in [0.25, 0.3) is 0 Å². The van der Waals surface area contributed by atoms with Crippen molar-refractivity contribution in [1.29, 1.82) is 0 Å². The van der Waals surface area contributed by atoms with E-state index in [1.54, 1.807) is 7.05 Å². The molecule has 0 aromatic heterocycles. The van der Waals surface area contributed by atoms with E-state index in [-0.39, 0.29) is 12.6 Å². The first-order chi connectivity index (χ1) is 7.88. The van der Waals surface area contributed by atoms with Crippen LogP contribution < -0.4 is 5.32 Å². The fraction of sp³-hybridized carbons (Fsp3) is 1.00. The van der Waals surface area contributed by atoms with Crippen molar-refractivity contribution < 1.29 is 13.2 Å². The van der Waals surface area contributed by atoms with Gasteiger partial charge in [-0.2, -0.15) is 13.2 Å². The molecule has 0 saturated carbocycles. The number of halogens is 3. The SMILES string of the molecule is CC(CC1CCCCN1)N(C)CCC(F)(F)F. The molecule has 0 aromatic rings. The number of nitrogens with one attached hydrogen (secondary N) is 1. The second kappa shape index (κ2) is 6.59. The Balaban J connectivity index is 2.23. The van der Waals surface area contributed by atoms with Crippen LogP contribution in [0, 0.1) is 0 Å². The molecule has 5 heteroatoms. The lowest BCUT2D eigenvalue weighted by molar-refractivity contribution is -0.138. The van der Waals surface area contributed by atoms with Gasteiger partial charge >= 0.3 is 6.18 Å². The highest BCUT2D eigenvalue weighted by Gasteiger charge is 2.28. The van der Waals surface area contributed by atoms with Gasteiger partial charge in [-0.1, -0.05) is 6.42 Å². The maximum Gasteiger partial charge on any atom is 0.390 e. The number of hydrogen-bond donors (Lipinski definition) is 1. The molecule has 1 N–H and O–H groups in total. The molecule has 0 aromatic carbocycles. The van der Waals surface area contributed by atoms with E-state index in [9.17, 15) is 13.2 Å². The molecule has 1 aliphatic rings. The normalized spacial score (nSPS) is 24.0. The number of alkyl halides is 3. The van der Waals surface area contributed by atoms with Gasteiger partial charge in [0.25, 0.3) is 0 Å². The van der Waals surface area contributed by atoms with Gasteiger partial charge in [0.2, 0.25) is 0 Å². The predicted octanol–water partition coefficient (Wildman–Crippen LogP) is 2.79. The molecule has 102 valence electrons. The molecule has 17 heavy (non-hydrogen) atoms. The van der Waals surface area contributed by atoms with E-state index in [2.05, 4.69) is 5.32 Å². The average Bonchev–Trinajstić information content (AvgIpc) is 2.26. The second-order valence-corrected chi connectivity index (χ2v) is 5.08. The molecule has 0 aliphatic carbocycles. The Kier molecular flexibility index (Phi) is 5.73. The molecule has 2 atom stereocenters. The Hall–Kier alpha value is -0.290. The quantitative estimate of drug-likeness (QED) is 0.809. The zero-order chi connectivity index (χ0) is 12.9. The van der Waals surface area contributed by atoms with E-state index in [4.69, 9.17) is 0 Å². The summed E-state index contributed by atoms with van der Waals surface area (Å²) in [5.74, 6) is 0. The van der Waals surface area contributed by atoms with Gasteiger partial charge in [0.15, 0.2) is 0 Å². The van der Waals surface area contributed by atoms with Gasteiger partial charge in [0, 0.05) is 18.6 Å². The van der Waals surface area contributed by atoms with Gasteiger partial charge in [-0.3, -0.25) is 0 Å². The molecule has 1 rings (SSSR count). The van der Waals surface area contributed by atoms with Gasteiger partial charge in [-0.15, -0.1) is 0 Å². The van der Waals surface area contributed by atoms with Gasteiger partial charge in [0.05, 0.1) is 6.42 Å². The van der Waals surface area contributed by atoms with Crippen LogP contribution in [0.1, 0.15) is 39.0 Å². The van der Waals surface area contributed by atoms with Crippen molar-refractivity contribution in [2.45, 2.75) is 57.3 Å². The maximum absolute atomic E-state index is 12.1. The summed E-state index contributed by atoms with van der Waals surface area (Å²) in [7, 11) is 1.78. The van der Waals surface area contributed by atoms with E-state index in [0.29, 0.717) is 6.04 Å².